The zero-order valence-corrected chi connectivity index (χ0v) is 28.2. The van der Waals surface area contributed by atoms with E-state index in [0.717, 1.165) is 28.2 Å². The normalized spacial score (nSPS) is 14.7. The number of thiazole rings is 1. The van der Waals surface area contributed by atoms with Gasteiger partial charge in [0.2, 0.25) is 0 Å². The first-order valence-electron chi connectivity index (χ1n) is 14.7. The highest BCUT2D eigenvalue weighted by Crippen LogP contribution is 2.38. The minimum absolute atomic E-state index is 0.248. The zero-order valence-electron chi connectivity index (χ0n) is 27.4. The number of nitrogens with zero attached hydrogens (tertiary/aromatic N) is 3. The molecule has 0 fully saturated rings. The molecule has 11 heteroatoms. The Kier molecular flexibility index (Phi) is 9.07. The molecule has 2 aromatic heterocycles. The fourth-order valence-corrected chi connectivity index (χ4v) is 6.89. The van der Waals surface area contributed by atoms with Crippen LogP contribution < -0.4 is 24.4 Å². The van der Waals surface area contributed by atoms with Gasteiger partial charge in [-0.1, -0.05) is 17.4 Å². The molecule has 5 rings (SSSR count). The molecule has 46 heavy (non-hydrogen) atoms. The lowest BCUT2D eigenvalue weighted by atomic mass is 9.94. The maximum absolute atomic E-state index is 14.3. The molecule has 4 aromatic rings. The van der Waals surface area contributed by atoms with Crippen molar-refractivity contribution in [2.75, 3.05) is 21.3 Å². The van der Waals surface area contributed by atoms with E-state index in [1.165, 1.54) is 30.1 Å². The molecule has 0 saturated heterocycles. The molecule has 3 heterocycles. The van der Waals surface area contributed by atoms with Crippen molar-refractivity contribution in [3.8, 4) is 17.2 Å². The van der Waals surface area contributed by atoms with E-state index in [4.69, 9.17) is 23.9 Å². The number of allylic oxidation sites excluding steroid dienone is 1. The largest absolute Gasteiger partial charge is 0.497 e. The highest BCUT2D eigenvalue weighted by molar-refractivity contribution is 7.07. The second-order valence-electron chi connectivity index (χ2n) is 11.2. The molecule has 0 saturated carbocycles. The van der Waals surface area contributed by atoms with Crippen molar-refractivity contribution in [2.45, 2.75) is 53.7 Å². The van der Waals surface area contributed by atoms with Gasteiger partial charge in [0, 0.05) is 22.6 Å². The second kappa shape index (κ2) is 12.8. The van der Waals surface area contributed by atoms with Gasteiger partial charge in [-0.15, -0.1) is 0 Å². The number of carbonyl (C=O) groups excluding carboxylic acids is 2. The van der Waals surface area contributed by atoms with Crippen molar-refractivity contribution in [3.05, 3.63) is 107 Å². The molecule has 10 nitrogen and oxygen atoms in total. The molecule has 0 aliphatic carbocycles. The molecule has 0 bridgehead atoms. The summed E-state index contributed by atoms with van der Waals surface area (Å²) in [5, 5.41) is 0. The third-order valence-electron chi connectivity index (χ3n) is 8.02. The van der Waals surface area contributed by atoms with E-state index in [1.807, 2.05) is 45.0 Å². The van der Waals surface area contributed by atoms with Gasteiger partial charge in [0.05, 0.1) is 48.8 Å². The summed E-state index contributed by atoms with van der Waals surface area (Å²) in [6.07, 6.45) is 1.46. The van der Waals surface area contributed by atoms with Crippen LogP contribution >= 0.6 is 11.3 Å². The van der Waals surface area contributed by atoms with E-state index in [-0.39, 0.29) is 17.2 Å². The molecule has 0 radical (unpaired) electrons. The molecule has 0 spiro atoms. The van der Waals surface area contributed by atoms with Crippen molar-refractivity contribution in [2.24, 2.45) is 4.99 Å². The van der Waals surface area contributed by atoms with Crippen LogP contribution in [0.1, 0.15) is 65.2 Å². The van der Waals surface area contributed by atoms with E-state index < -0.39 is 18.0 Å². The number of rotatable bonds is 8. The molecule has 0 amide bonds. The van der Waals surface area contributed by atoms with Gasteiger partial charge in [-0.05, 0) is 95.1 Å². The number of hydrogen-bond acceptors (Lipinski definition) is 9. The van der Waals surface area contributed by atoms with Crippen molar-refractivity contribution >= 4 is 29.4 Å². The summed E-state index contributed by atoms with van der Waals surface area (Å²) in [5.74, 6) is 0.0620. The van der Waals surface area contributed by atoms with Gasteiger partial charge in [-0.25, -0.2) is 14.6 Å². The van der Waals surface area contributed by atoms with E-state index in [9.17, 15) is 14.4 Å². The summed E-state index contributed by atoms with van der Waals surface area (Å²) >= 11 is 1.24. The third kappa shape index (κ3) is 5.66. The van der Waals surface area contributed by atoms with E-state index in [1.54, 1.807) is 52.1 Å². The van der Waals surface area contributed by atoms with Gasteiger partial charge in [-0.2, -0.15) is 0 Å². The minimum atomic E-state index is -0.870. The first-order valence-corrected chi connectivity index (χ1v) is 15.6. The summed E-state index contributed by atoms with van der Waals surface area (Å²) in [6.45, 7) is 11.1. The smallest absolute Gasteiger partial charge is 0.338 e. The van der Waals surface area contributed by atoms with Crippen molar-refractivity contribution in [1.82, 2.24) is 9.13 Å². The minimum Gasteiger partial charge on any atom is -0.497 e. The number of methoxy groups -OCH3 is 3. The third-order valence-corrected chi connectivity index (χ3v) is 9.01. The van der Waals surface area contributed by atoms with Gasteiger partial charge >= 0.3 is 11.9 Å². The summed E-state index contributed by atoms with van der Waals surface area (Å²) in [6, 6.07) is 11.9. The molecule has 1 aliphatic heterocycles. The number of esters is 2. The van der Waals surface area contributed by atoms with Gasteiger partial charge in [0.1, 0.15) is 17.5 Å². The lowest BCUT2D eigenvalue weighted by Crippen LogP contribution is -2.40. The number of carbonyl (C=O) groups is 2. The van der Waals surface area contributed by atoms with Crippen LogP contribution in [0.25, 0.3) is 11.8 Å². The van der Waals surface area contributed by atoms with Gasteiger partial charge in [-0.3, -0.25) is 9.36 Å². The Morgan fingerprint density at radius 3 is 2.37 bits per heavy atom. The second-order valence-corrected chi connectivity index (χ2v) is 12.3. The first kappa shape index (κ1) is 32.5. The van der Waals surface area contributed by atoms with Gasteiger partial charge < -0.3 is 23.5 Å². The monoisotopic (exact) mass is 643 g/mol. The Balaban J connectivity index is 1.72. The average molecular weight is 644 g/mol. The maximum Gasteiger partial charge on any atom is 0.338 e. The van der Waals surface area contributed by atoms with Crippen LogP contribution in [-0.2, 0) is 14.3 Å². The lowest BCUT2D eigenvalue weighted by molar-refractivity contribution is -0.143. The lowest BCUT2D eigenvalue weighted by Gasteiger charge is -2.26. The summed E-state index contributed by atoms with van der Waals surface area (Å²) in [7, 11) is 4.45. The van der Waals surface area contributed by atoms with Crippen molar-refractivity contribution in [3.63, 3.8) is 0 Å². The molecule has 0 unspecified atom stereocenters. The highest BCUT2D eigenvalue weighted by atomic mass is 32.1. The van der Waals surface area contributed by atoms with E-state index >= 15 is 0 Å². The number of fused-ring (bicyclic) bond motifs is 1. The molecular weight excluding hydrogens is 606 g/mol. The van der Waals surface area contributed by atoms with Crippen molar-refractivity contribution < 1.29 is 28.5 Å². The zero-order chi connectivity index (χ0) is 33.4. The predicted octanol–water partition coefficient (Wildman–Crippen LogP) is 4.71. The number of benzene rings is 2. The standard InChI is InChI=1S/C35H37N3O7S/c1-18(2)45-34(41)30-21(5)36-35-38(31(30)26-17-24(42-7)13-14-28(26)43-8)32(39)29(46-35)16-23-15-19(3)37(22(23)6)27-12-10-11-25(20(27)4)33(40)44-9/h10-18,31H,1-9H3/b29-16-/t31-/m0/s1. The maximum atomic E-state index is 14.3. The Morgan fingerprint density at radius 1 is 0.978 bits per heavy atom. The Hall–Kier alpha value is -4.90. The quantitative estimate of drug-likeness (QED) is 0.256. The van der Waals surface area contributed by atoms with E-state index in [0.29, 0.717) is 37.7 Å². The fourth-order valence-electron chi connectivity index (χ4n) is 5.85. The van der Waals surface area contributed by atoms with E-state index in [2.05, 4.69) is 4.57 Å². The molecule has 2 aromatic carbocycles. The first-order chi connectivity index (χ1) is 21.9. The average Bonchev–Trinajstić information content (AvgIpc) is 3.48. The van der Waals surface area contributed by atoms with Crippen LogP contribution in [0, 0.1) is 20.8 Å². The van der Waals surface area contributed by atoms with Crippen LogP contribution in [-0.4, -0.2) is 48.5 Å². The summed E-state index contributed by atoms with van der Waals surface area (Å²) < 4.78 is 25.8. The number of hydrogen-bond donors (Lipinski definition) is 0. The summed E-state index contributed by atoms with van der Waals surface area (Å²) in [4.78, 5) is 45.4. The van der Waals surface area contributed by atoms with Crippen LogP contribution in [0.3, 0.4) is 0 Å². The number of aromatic nitrogens is 2. The molecule has 0 N–H and O–H groups in total. The Morgan fingerprint density at radius 2 is 1.72 bits per heavy atom. The molecular formula is C35H37N3O7S. The van der Waals surface area contributed by atoms with Crippen molar-refractivity contribution in [1.29, 1.82) is 0 Å². The molecule has 1 atom stereocenters. The van der Waals surface area contributed by atoms with Crippen LogP contribution in [0.5, 0.6) is 11.5 Å². The topological polar surface area (TPSA) is 110 Å². The predicted molar refractivity (Wildman–Crippen MR) is 176 cm³/mol. The van der Waals surface area contributed by atoms with Gasteiger partial charge in [0.15, 0.2) is 4.80 Å². The highest BCUT2D eigenvalue weighted by Gasteiger charge is 2.36. The molecule has 240 valence electrons. The number of ether oxygens (including phenoxy) is 4. The Bertz CT molecular complexity index is 2080. The Labute approximate surface area is 270 Å². The fraction of sp³-hybridized carbons (Fsp3) is 0.314. The summed E-state index contributed by atoms with van der Waals surface area (Å²) in [5.41, 5.74) is 5.71. The SMILES string of the molecule is COC(=O)c1cccc(-n2c(C)cc(/C=c3\sc4n(c3=O)[C@@H](c3cc(OC)ccc3OC)C(C(=O)OC(C)C)=C(C)N=4)c2C)c1C. The van der Waals surface area contributed by atoms with Crippen LogP contribution in [0.4, 0.5) is 0 Å². The van der Waals surface area contributed by atoms with Crippen LogP contribution in [0.2, 0.25) is 0 Å². The number of aryl methyl sites for hydroxylation is 1. The molecule has 1 aliphatic rings. The van der Waals surface area contributed by atoms with Gasteiger partial charge in [0.25, 0.3) is 5.56 Å². The van der Waals surface area contributed by atoms with Crippen LogP contribution in [0.15, 0.2) is 63.5 Å².